The van der Waals surface area contributed by atoms with Crippen molar-refractivity contribution >= 4 is 5.97 Å². The number of benzene rings is 1. The van der Waals surface area contributed by atoms with Crippen molar-refractivity contribution in [2.24, 2.45) is 0 Å². The molecule has 1 aromatic carbocycles. The topological polar surface area (TPSA) is 57.5 Å². The lowest BCUT2D eigenvalue weighted by molar-refractivity contribution is -0.137. The molecule has 0 saturated carbocycles. The Balaban J connectivity index is 2.39. The van der Waals surface area contributed by atoms with Crippen molar-refractivity contribution in [3.63, 3.8) is 0 Å². The normalized spacial score (nSPS) is 10.2. The lowest BCUT2D eigenvalue weighted by Crippen LogP contribution is -1.96. The Morgan fingerprint density at radius 2 is 1.60 bits per heavy atom. The summed E-state index contributed by atoms with van der Waals surface area (Å²) < 4.78 is 0. The number of aliphatic hydroxyl groups is 1. The lowest BCUT2D eigenvalue weighted by atomic mass is 10.1. The van der Waals surface area contributed by atoms with Gasteiger partial charge in [-0.15, -0.1) is 0 Å². The van der Waals surface area contributed by atoms with Crippen LogP contribution in [-0.2, 0) is 17.6 Å². The van der Waals surface area contributed by atoms with E-state index >= 15 is 0 Å². The number of hydrogen-bond acceptors (Lipinski definition) is 2. The van der Waals surface area contributed by atoms with Crippen molar-refractivity contribution in [1.29, 1.82) is 0 Å². The molecule has 0 atom stereocenters. The first-order valence-corrected chi connectivity index (χ1v) is 5.13. The first-order chi connectivity index (χ1) is 7.22. The standard InChI is InChI=1S/C12H16O3/c13-9-8-11-6-4-10(5-7-11)2-1-3-12(14)15/h4-7,13H,1-3,8-9H2,(H,14,15). The van der Waals surface area contributed by atoms with Crippen LogP contribution < -0.4 is 0 Å². The zero-order valence-electron chi connectivity index (χ0n) is 8.65. The molecule has 2 N–H and O–H groups in total. The fraction of sp³-hybridized carbons (Fsp3) is 0.417. The van der Waals surface area contributed by atoms with Gasteiger partial charge in [-0.05, 0) is 30.4 Å². The highest BCUT2D eigenvalue weighted by atomic mass is 16.4. The van der Waals surface area contributed by atoms with Crippen molar-refractivity contribution in [2.45, 2.75) is 25.7 Å². The van der Waals surface area contributed by atoms with E-state index in [2.05, 4.69) is 0 Å². The van der Waals surface area contributed by atoms with Gasteiger partial charge in [0, 0.05) is 13.0 Å². The van der Waals surface area contributed by atoms with Gasteiger partial charge >= 0.3 is 5.97 Å². The molecule has 0 fully saturated rings. The molecule has 0 radical (unpaired) electrons. The van der Waals surface area contributed by atoms with Crippen LogP contribution in [0.3, 0.4) is 0 Å². The third-order valence-corrected chi connectivity index (χ3v) is 2.28. The third-order valence-electron chi connectivity index (χ3n) is 2.28. The molecule has 0 aliphatic carbocycles. The van der Waals surface area contributed by atoms with Crippen LogP contribution in [-0.4, -0.2) is 22.8 Å². The summed E-state index contributed by atoms with van der Waals surface area (Å²) in [5.74, 6) is -0.744. The predicted molar refractivity (Wildman–Crippen MR) is 57.8 cm³/mol. The summed E-state index contributed by atoms with van der Waals surface area (Å²) in [5, 5.41) is 17.2. The van der Waals surface area contributed by atoms with Crippen LogP contribution >= 0.6 is 0 Å². The molecular formula is C12H16O3. The van der Waals surface area contributed by atoms with Gasteiger partial charge in [0.25, 0.3) is 0 Å². The van der Waals surface area contributed by atoms with E-state index in [-0.39, 0.29) is 13.0 Å². The minimum Gasteiger partial charge on any atom is -0.481 e. The Labute approximate surface area is 89.4 Å². The van der Waals surface area contributed by atoms with Gasteiger partial charge in [-0.25, -0.2) is 0 Å². The van der Waals surface area contributed by atoms with Crippen molar-refractivity contribution in [1.82, 2.24) is 0 Å². The zero-order chi connectivity index (χ0) is 11.1. The number of aliphatic carboxylic acids is 1. The smallest absolute Gasteiger partial charge is 0.303 e. The molecule has 0 bridgehead atoms. The number of rotatable bonds is 6. The number of carbonyl (C=O) groups is 1. The average Bonchev–Trinajstić information content (AvgIpc) is 2.20. The Bertz CT molecular complexity index is 303. The van der Waals surface area contributed by atoms with Crippen LogP contribution in [0.2, 0.25) is 0 Å². The maximum atomic E-state index is 10.3. The molecule has 0 amide bonds. The molecule has 0 aromatic heterocycles. The van der Waals surface area contributed by atoms with Gasteiger partial charge in [0.15, 0.2) is 0 Å². The summed E-state index contributed by atoms with van der Waals surface area (Å²) >= 11 is 0. The van der Waals surface area contributed by atoms with Gasteiger partial charge in [-0.1, -0.05) is 24.3 Å². The Morgan fingerprint density at radius 1 is 1.07 bits per heavy atom. The quantitative estimate of drug-likeness (QED) is 0.747. The summed E-state index contributed by atoms with van der Waals surface area (Å²) in [6.45, 7) is 0.165. The number of aliphatic hydroxyl groups excluding tert-OH is 1. The average molecular weight is 208 g/mol. The van der Waals surface area contributed by atoms with Crippen LogP contribution in [0, 0.1) is 0 Å². The minimum absolute atomic E-state index is 0.165. The first kappa shape index (κ1) is 11.7. The first-order valence-electron chi connectivity index (χ1n) is 5.13. The van der Waals surface area contributed by atoms with Gasteiger partial charge in [0.1, 0.15) is 0 Å². The molecule has 0 spiro atoms. The largest absolute Gasteiger partial charge is 0.481 e. The number of carboxylic acids is 1. The van der Waals surface area contributed by atoms with Gasteiger partial charge in [0.05, 0.1) is 0 Å². The number of carboxylic acid groups (broad SMARTS) is 1. The molecule has 15 heavy (non-hydrogen) atoms. The second kappa shape index (κ2) is 6.19. The van der Waals surface area contributed by atoms with E-state index < -0.39 is 5.97 Å². The van der Waals surface area contributed by atoms with Crippen LogP contribution in [0.25, 0.3) is 0 Å². The Hall–Kier alpha value is -1.35. The lowest BCUT2D eigenvalue weighted by Gasteiger charge is -2.02. The molecular weight excluding hydrogens is 192 g/mol. The highest BCUT2D eigenvalue weighted by molar-refractivity contribution is 5.66. The molecule has 0 aliphatic rings. The van der Waals surface area contributed by atoms with E-state index in [1.165, 1.54) is 0 Å². The number of hydrogen-bond donors (Lipinski definition) is 2. The van der Waals surface area contributed by atoms with Gasteiger partial charge < -0.3 is 10.2 Å². The van der Waals surface area contributed by atoms with Gasteiger partial charge in [-0.2, -0.15) is 0 Å². The summed E-state index contributed by atoms with van der Waals surface area (Å²) in [6, 6.07) is 7.94. The molecule has 0 unspecified atom stereocenters. The van der Waals surface area contributed by atoms with Crippen LogP contribution in [0.4, 0.5) is 0 Å². The zero-order valence-corrected chi connectivity index (χ0v) is 8.65. The summed E-state index contributed by atoms with van der Waals surface area (Å²) in [4.78, 5) is 10.3. The highest BCUT2D eigenvalue weighted by Crippen LogP contribution is 2.08. The maximum Gasteiger partial charge on any atom is 0.303 e. The summed E-state index contributed by atoms with van der Waals surface area (Å²) in [6.07, 6.45) is 2.37. The SMILES string of the molecule is O=C(O)CCCc1ccc(CCO)cc1. The highest BCUT2D eigenvalue weighted by Gasteiger charge is 1.98. The maximum absolute atomic E-state index is 10.3. The van der Waals surface area contributed by atoms with E-state index in [9.17, 15) is 4.79 Å². The van der Waals surface area contributed by atoms with Crippen LogP contribution in [0.15, 0.2) is 24.3 Å². The van der Waals surface area contributed by atoms with E-state index in [0.29, 0.717) is 12.8 Å². The van der Waals surface area contributed by atoms with Crippen molar-refractivity contribution < 1.29 is 15.0 Å². The molecule has 82 valence electrons. The van der Waals surface area contributed by atoms with Crippen molar-refractivity contribution in [2.75, 3.05) is 6.61 Å². The molecule has 3 heteroatoms. The number of aryl methyl sites for hydroxylation is 1. The van der Waals surface area contributed by atoms with Gasteiger partial charge in [0.2, 0.25) is 0 Å². The molecule has 0 saturated heterocycles. The van der Waals surface area contributed by atoms with Crippen molar-refractivity contribution in [3.8, 4) is 0 Å². The van der Waals surface area contributed by atoms with Gasteiger partial charge in [-0.3, -0.25) is 4.79 Å². The van der Waals surface area contributed by atoms with Crippen LogP contribution in [0.5, 0.6) is 0 Å². The third kappa shape index (κ3) is 4.61. The second-order valence-corrected chi connectivity index (χ2v) is 3.54. The van der Waals surface area contributed by atoms with Crippen LogP contribution in [0.1, 0.15) is 24.0 Å². The predicted octanol–water partition coefficient (Wildman–Crippen LogP) is 1.63. The second-order valence-electron chi connectivity index (χ2n) is 3.54. The molecule has 0 heterocycles. The Morgan fingerprint density at radius 3 is 2.07 bits per heavy atom. The Kier molecular flexibility index (Phi) is 4.84. The molecule has 0 aliphatic heterocycles. The summed E-state index contributed by atoms with van der Waals surface area (Å²) in [5.41, 5.74) is 2.26. The van der Waals surface area contributed by atoms with E-state index in [1.807, 2.05) is 24.3 Å². The van der Waals surface area contributed by atoms with E-state index in [4.69, 9.17) is 10.2 Å². The minimum atomic E-state index is -0.744. The monoisotopic (exact) mass is 208 g/mol. The summed E-state index contributed by atoms with van der Waals surface area (Å²) in [7, 11) is 0. The molecule has 1 aromatic rings. The fourth-order valence-corrected chi connectivity index (χ4v) is 1.45. The van der Waals surface area contributed by atoms with Crippen molar-refractivity contribution in [3.05, 3.63) is 35.4 Å². The molecule has 1 rings (SSSR count). The fourth-order valence-electron chi connectivity index (χ4n) is 1.45. The molecule has 3 nitrogen and oxygen atoms in total. The van der Waals surface area contributed by atoms with E-state index in [0.717, 1.165) is 17.5 Å². The van der Waals surface area contributed by atoms with E-state index in [1.54, 1.807) is 0 Å².